The maximum absolute atomic E-state index is 2.60. The van der Waals surface area contributed by atoms with Gasteiger partial charge in [-0.3, -0.25) is 0 Å². The lowest BCUT2D eigenvalue weighted by Gasteiger charge is -2.52. The van der Waals surface area contributed by atoms with E-state index in [2.05, 4.69) is 74.1 Å². The fourth-order valence-corrected chi connectivity index (χ4v) is 9.40. The minimum atomic E-state index is 0.425. The van der Waals surface area contributed by atoms with Gasteiger partial charge in [-0.1, -0.05) is 24.3 Å². The molecular formula is C28H34N2+2. The topological polar surface area (TPSA) is 3.01 Å². The van der Waals surface area contributed by atoms with Crippen molar-refractivity contribution in [3.63, 3.8) is 0 Å². The summed E-state index contributed by atoms with van der Waals surface area (Å²) in [6.07, 6.45) is 11.5. The molecule has 7 rings (SSSR count). The van der Waals surface area contributed by atoms with Gasteiger partial charge in [0.05, 0.1) is 7.05 Å². The molecule has 2 nitrogen and oxygen atoms in total. The molecule has 2 aromatic rings. The van der Waals surface area contributed by atoms with Gasteiger partial charge in [-0.15, -0.1) is 4.58 Å². The molecule has 154 valence electrons. The Hall–Kier alpha value is -1.93. The number of aryl methyl sites for hydroxylation is 2. The second-order valence-corrected chi connectivity index (χ2v) is 11.8. The van der Waals surface area contributed by atoms with E-state index in [1.165, 1.54) is 54.5 Å². The van der Waals surface area contributed by atoms with Crippen LogP contribution in [-0.4, -0.2) is 30.0 Å². The zero-order chi connectivity index (χ0) is 20.3. The summed E-state index contributed by atoms with van der Waals surface area (Å²) in [7, 11) is 2.60. The molecule has 5 aliphatic rings. The largest absolute Gasteiger partial charge is 0.281 e. The third-order valence-corrected chi connectivity index (χ3v) is 10.3. The third kappa shape index (κ3) is 1.98. The Labute approximate surface area is 180 Å². The summed E-state index contributed by atoms with van der Waals surface area (Å²) >= 11 is 0. The third-order valence-electron chi connectivity index (χ3n) is 10.3. The Kier molecular flexibility index (Phi) is 3.22. The number of hydrogen-bond donors (Lipinski definition) is 0. The molecule has 0 saturated heterocycles. The van der Waals surface area contributed by atoms with Gasteiger partial charge in [-0.2, -0.15) is 0 Å². The summed E-state index contributed by atoms with van der Waals surface area (Å²) in [6, 6.07) is 15.9. The van der Waals surface area contributed by atoms with Crippen molar-refractivity contribution in [1.29, 1.82) is 0 Å². The zero-order valence-electron chi connectivity index (χ0n) is 18.7. The molecule has 30 heavy (non-hydrogen) atoms. The summed E-state index contributed by atoms with van der Waals surface area (Å²) in [4.78, 5) is 0. The highest BCUT2D eigenvalue weighted by Crippen LogP contribution is 2.78. The summed E-state index contributed by atoms with van der Waals surface area (Å²) < 4.78 is 3.67. The molecule has 0 amide bonds. The molecule has 3 bridgehead atoms. The second kappa shape index (κ2) is 5.46. The first-order chi connectivity index (χ1) is 14.4. The summed E-state index contributed by atoms with van der Waals surface area (Å²) in [5.41, 5.74) is 8.43. The fraction of sp³-hybridized carbons (Fsp3) is 0.536. The molecule has 0 N–H and O–H groups in total. The summed E-state index contributed by atoms with van der Waals surface area (Å²) in [5, 5.41) is 0. The van der Waals surface area contributed by atoms with E-state index in [0.717, 1.165) is 34.3 Å². The van der Waals surface area contributed by atoms with Crippen LogP contribution in [-0.2, 0) is 0 Å². The molecule has 1 spiro atoms. The van der Waals surface area contributed by atoms with Gasteiger partial charge in [-0.05, 0) is 67.9 Å². The molecule has 4 saturated carbocycles. The first kappa shape index (κ1) is 17.7. The molecule has 0 radical (unpaired) electrons. The molecule has 1 aliphatic heterocycles. The number of hydrogen-bond acceptors (Lipinski definition) is 0. The maximum atomic E-state index is 2.60. The number of benzene rings is 2. The Morgan fingerprint density at radius 3 is 2.63 bits per heavy atom. The van der Waals surface area contributed by atoms with Crippen LogP contribution in [0.4, 0.5) is 11.4 Å². The van der Waals surface area contributed by atoms with Crippen LogP contribution >= 0.6 is 0 Å². The smallest absolute Gasteiger partial charge is 0.233 e. The average Bonchev–Trinajstić information content (AvgIpc) is 3.03. The number of fused-ring (bicyclic) bond motifs is 3. The maximum Gasteiger partial charge on any atom is 0.281 e. The summed E-state index contributed by atoms with van der Waals surface area (Å²) in [6.45, 7) is 5.69. The van der Waals surface area contributed by atoms with E-state index in [-0.39, 0.29) is 0 Å². The Bertz CT molecular complexity index is 1100. The van der Waals surface area contributed by atoms with Crippen LogP contribution < -0.4 is 4.48 Å². The number of para-hydroxylation sites is 1. The second-order valence-electron chi connectivity index (χ2n) is 11.8. The highest BCUT2D eigenvalue weighted by molar-refractivity contribution is 5.88. The van der Waals surface area contributed by atoms with Gasteiger partial charge >= 0.3 is 0 Å². The monoisotopic (exact) mass is 398 g/mol. The van der Waals surface area contributed by atoms with Gasteiger partial charge in [0.1, 0.15) is 11.1 Å². The Morgan fingerprint density at radius 1 is 0.967 bits per heavy atom. The van der Waals surface area contributed by atoms with Crippen molar-refractivity contribution in [2.75, 3.05) is 13.7 Å². The lowest BCUT2D eigenvalue weighted by molar-refractivity contribution is -0.466. The van der Waals surface area contributed by atoms with Crippen molar-refractivity contribution in [3.8, 4) is 0 Å². The van der Waals surface area contributed by atoms with Crippen molar-refractivity contribution < 1.29 is 4.58 Å². The van der Waals surface area contributed by atoms with Gasteiger partial charge < -0.3 is 0 Å². The van der Waals surface area contributed by atoms with Crippen LogP contribution in [0.2, 0.25) is 0 Å². The molecule has 4 aliphatic carbocycles. The fourth-order valence-electron chi connectivity index (χ4n) is 9.40. The molecule has 0 aromatic heterocycles. The number of nitrogens with zero attached hydrogens (tertiary/aromatic N) is 2. The normalized spacial score (nSPS) is 42.5. The lowest BCUT2D eigenvalue weighted by atomic mass is 9.56. The van der Waals surface area contributed by atoms with E-state index in [1.54, 1.807) is 12.1 Å². The molecule has 2 aromatic carbocycles. The standard InChI is InChI=1S/C28H34N2/c1-19-9-20(2)26-22(10-19)16-29(25-7-5-4-6-8-25)18-30(26,3)27-13-21-11-23-12-24(15-27)28(23,14-21)17-27/h4-10,16,21,23-24H,11-15,17-18H2,1-3H3/q+2. The zero-order valence-corrected chi connectivity index (χ0v) is 18.7. The van der Waals surface area contributed by atoms with E-state index < -0.39 is 0 Å². The van der Waals surface area contributed by atoms with Crippen LogP contribution in [0.1, 0.15) is 55.2 Å². The van der Waals surface area contributed by atoms with E-state index in [1.807, 2.05) is 0 Å². The minimum absolute atomic E-state index is 0.425. The van der Waals surface area contributed by atoms with Crippen LogP contribution in [0.3, 0.4) is 0 Å². The Morgan fingerprint density at radius 2 is 1.80 bits per heavy atom. The van der Waals surface area contributed by atoms with Crippen molar-refractivity contribution in [3.05, 3.63) is 59.2 Å². The van der Waals surface area contributed by atoms with Crippen molar-refractivity contribution in [2.24, 2.45) is 23.2 Å². The minimum Gasteiger partial charge on any atom is -0.233 e. The van der Waals surface area contributed by atoms with E-state index in [9.17, 15) is 0 Å². The van der Waals surface area contributed by atoms with Crippen LogP contribution in [0.5, 0.6) is 0 Å². The predicted molar refractivity (Wildman–Crippen MR) is 123 cm³/mol. The van der Waals surface area contributed by atoms with E-state index in [0.29, 0.717) is 5.54 Å². The van der Waals surface area contributed by atoms with Gasteiger partial charge in [0.25, 0.3) is 6.67 Å². The van der Waals surface area contributed by atoms with Gasteiger partial charge in [0, 0.05) is 37.0 Å². The van der Waals surface area contributed by atoms with Gasteiger partial charge in [-0.25, -0.2) is 4.48 Å². The highest BCUT2D eigenvalue weighted by Gasteiger charge is 2.76. The quantitative estimate of drug-likeness (QED) is 0.435. The van der Waals surface area contributed by atoms with Crippen molar-refractivity contribution >= 4 is 17.6 Å². The molecular weight excluding hydrogens is 364 g/mol. The van der Waals surface area contributed by atoms with Gasteiger partial charge in [0.2, 0.25) is 5.69 Å². The molecule has 1 heterocycles. The molecule has 6 unspecified atom stereocenters. The van der Waals surface area contributed by atoms with Gasteiger partial charge in [0.15, 0.2) is 11.9 Å². The Balaban J connectivity index is 1.44. The van der Waals surface area contributed by atoms with E-state index in [4.69, 9.17) is 0 Å². The number of quaternary nitrogens is 1. The highest BCUT2D eigenvalue weighted by atomic mass is 15.5. The predicted octanol–water partition coefficient (Wildman–Crippen LogP) is 5.94. The molecule has 4 fully saturated rings. The lowest BCUT2D eigenvalue weighted by Crippen LogP contribution is -2.67. The molecule has 6 atom stereocenters. The van der Waals surface area contributed by atoms with Crippen LogP contribution in [0, 0.1) is 37.0 Å². The first-order valence-corrected chi connectivity index (χ1v) is 12.1. The molecule has 2 heteroatoms. The van der Waals surface area contributed by atoms with Crippen molar-refractivity contribution in [2.45, 2.75) is 57.9 Å². The van der Waals surface area contributed by atoms with E-state index >= 15 is 0 Å². The summed E-state index contributed by atoms with van der Waals surface area (Å²) in [5.74, 6) is 3.05. The SMILES string of the molecule is Cc1cc(C)c2c(c1)C=[N+](c1ccccc1)C[N+]2(C)C12CC3CC4CC(C1)C4(C3)C2. The van der Waals surface area contributed by atoms with Crippen LogP contribution in [0.15, 0.2) is 42.5 Å². The average molecular weight is 399 g/mol. The first-order valence-electron chi connectivity index (χ1n) is 12.1. The van der Waals surface area contributed by atoms with Crippen LogP contribution in [0.25, 0.3) is 0 Å². The number of rotatable bonds is 2. The van der Waals surface area contributed by atoms with Crippen molar-refractivity contribution in [1.82, 2.24) is 4.48 Å².